The molecule has 0 bridgehead atoms. The third kappa shape index (κ3) is 2.66. The molecule has 1 fully saturated rings. The Bertz CT molecular complexity index is 504. The molecule has 0 aliphatic carbocycles. The minimum absolute atomic E-state index is 0.133. The van der Waals surface area contributed by atoms with Gasteiger partial charge >= 0.3 is 0 Å². The summed E-state index contributed by atoms with van der Waals surface area (Å²) in [5.74, 6) is 0. The van der Waals surface area contributed by atoms with Gasteiger partial charge in [0, 0.05) is 38.9 Å². The summed E-state index contributed by atoms with van der Waals surface area (Å²) in [5.41, 5.74) is 2.05. The van der Waals surface area contributed by atoms with E-state index in [1.165, 1.54) is 0 Å². The van der Waals surface area contributed by atoms with Crippen LogP contribution < -0.4 is 5.32 Å². The van der Waals surface area contributed by atoms with Gasteiger partial charge in [0.1, 0.15) is 17.4 Å². The van der Waals surface area contributed by atoms with E-state index in [0.717, 1.165) is 11.3 Å². The lowest BCUT2D eigenvalue weighted by Gasteiger charge is -2.26. The zero-order chi connectivity index (χ0) is 14.0. The number of aliphatic hydroxyl groups is 1. The molecule has 0 radical (unpaired) electrons. The summed E-state index contributed by atoms with van der Waals surface area (Å²) in [6.45, 7) is 5.66. The molecule has 2 N–H and O–H groups in total. The Morgan fingerprint density at radius 3 is 2.95 bits per heavy atom. The average molecular weight is 263 g/mol. The molecule has 19 heavy (non-hydrogen) atoms. The van der Waals surface area contributed by atoms with Crippen LogP contribution in [-0.4, -0.2) is 34.5 Å². The molecule has 5 heteroatoms. The second-order valence-corrected chi connectivity index (χ2v) is 5.28. The van der Waals surface area contributed by atoms with Gasteiger partial charge in [-0.2, -0.15) is 5.26 Å². The van der Waals surface area contributed by atoms with E-state index in [4.69, 9.17) is 10.00 Å². The zero-order valence-electron chi connectivity index (χ0n) is 11.7. The van der Waals surface area contributed by atoms with Crippen LogP contribution in [0.1, 0.15) is 30.3 Å². The third-order valence-corrected chi connectivity index (χ3v) is 4.16. The second-order valence-electron chi connectivity index (χ2n) is 5.28. The van der Waals surface area contributed by atoms with Gasteiger partial charge < -0.3 is 19.7 Å². The number of hydrogen-bond acceptors (Lipinski definition) is 4. The molecule has 0 saturated carbocycles. The first-order chi connectivity index (χ1) is 8.98. The first-order valence-electron chi connectivity index (χ1n) is 6.58. The van der Waals surface area contributed by atoms with Gasteiger partial charge in [-0.05, 0) is 25.5 Å². The molecule has 1 aliphatic heterocycles. The van der Waals surface area contributed by atoms with Crippen molar-refractivity contribution in [3.8, 4) is 6.07 Å². The van der Waals surface area contributed by atoms with E-state index in [1.54, 1.807) is 0 Å². The number of aromatic nitrogens is 1. The maximum Gasteiger partial charge on any atom is 0.120 e. The minimum atomic E-state index is -0.777. The molecule has 0 aromatic carbocycles. The van der Waals surface area contributed by atoms with Gasteiger partial charge in [-0.1, -0.05) is 0 Å². The van der Waals surface area contributed by atoms with E-state index in [-0.39, 0.29) is 6.10 Å². The molecule has 104 valence electrons. The van der Waals surface area contributed by atoms with E-state index in [9.17, 15) is 5.11 Å². The Labute approximate surface area is 113 Å². The standard InChI is InChI=1S/C14H21N3O2/c1-10-12(6-13(7-15)17(10)3)8-16-9-14(18)4-5-19-11(14)2/h6,11,16,18H,4-5,8-9H2,1-3H3. The molecule has 5 nitrogen and oxygen atoms in total. The van der Waals surface area contributed by atoms with Gasteiger partial charge in [0.05, 0.1) is 6.10 Å². The lowest BCUT2D eigenvalue weighted by molar-refractivity contribution is -0.0263. The summed E-state index contributed by atoms with van der Waals surface area (Å²) in [4.78, 5) is 0. The summed E-state index contributed by atoms with van der Waals surface area (Å²) >= 11 is 0. The van der Waals surface area contributed by atoms with Crippen molar-refractivity contribution in [2.45, 2.75) is 38.5 Å². The quantitative estimate of drug-likeness (QED) is 0.844. The maximum atomic E-state index is 10.4. The molecule has 0 amide bonds. The number of rotatable bonds is 4. The Hall–Kier alpha value is -1.35. The van der Waals surface area contributed by atoms with Crippen molar-refractivity contribution in [2.24, 2.45) is 7.05 Å². The molecular formula is C14H21N3O2. The number of nitriles is 1. The van der Waals surface area contributed by atoms with Crippen molar-refractivity contribution in [1.82, 2.24) is 9.88 Å². The number of ether oxygens (including phenoxy) is 1. The molecular weight excluding hydrogens is 242 g/mol. The monoisotopic (exact) mass is 263 g/mol. The van der Waals surface area contributed by atoms with Crippen molar-refractivity contribution in [2.75, 3.05) is 13.2 Å². The van der Waals surface area contributed by atoms with Gasteiger partial charge in [0.2, 0.25) is 0 Å². The van der Waals surface area contributed by atoms with Crippen LogP contribution in [0.15, 0.2) is 6.07 Å². The molecule has 2 heterocycles. The highest BCUT2D eigenvalue weighted by molar-refractivity contribution is 5.34. The van der Waals surface area contributed by atoms with E-state index < -0.39 is 5.60 Å². The van der Waals surface area contributed by atoms with Crippen LogP contribution >= 0.6 is 0 Å². The summed E-state index contributed by atoms with van der Waals surface area (Å²) in [5, 5.41) is 22.6. The van der Waals surface area contributed by atoms with Crippen LogP contribution in [0.25, 0.3) is 0 Å². The average Bonchev–Trinajstić information content (AvgIpc) is 2.85. The number of nitrogens with zero attached hydrogens (tertiary/aromatic N) is 2. The highest BCUT2D eigenvalue weighted by Gasteiger charge is 2.38. The van der Waals surface area contributed by atoms with Gasteiger partial charge in [0.25, 0.3) is 0 Å². The van der Waals surface area contributed by atoms with Crippen LogP contribution in [0, 0.1) is 18.3 Å². The predicted octanol–water partition coefficient (Wildman–Crippen LogP) is 0.835. The molecule has 1 saturated heterocycles. The van der Waals surface area contributed by atoms with E-state index in [0.29, 0.717) is 31.8 Å². The summed E-state index contributed by atoms with van der Waals surface area (Å²) in [6, 6.07) is 4.06. The fraction of sp³-hybridized carbons (Fsp3) is 0.643. The smallest absolute Gasteiger partial charge is 0.120 e. The molecule has 1 aromatic rings. The minimum Gasteiger partial charge on any atom is -0.386 e. The molecule has 2 atom stereocenters. The Morgan fingerprint density at radius 1 is 1.68 bits per heavy atom. The summed E-state index contributed by atoms with van der Waals surface area (Å²) in [7, 11) is 1.89. The molecule has 0 spiro atoms. The molecule has 2 rings (SSSR count). The highest BCUT2D eigenvalue weighted by Crippen LogP contribution is 2.25. The first kappa shape index (κ1) is 14.1. The summed E-state index contributed by atoms with van der Waals surface area (Å²) < 4.78 is 7.28. The zero-order valence-corrected chi connectivity index (χ0v) is 11.7. The predicted molar refractivity (Wildman–Crippen MR) is 71.6 cm³/mol. The van der Waals surface area contributed by atoms with Gasteiger partial charge in [-0.25, -0.2) is 0 Å². The van der Waals surface area contributed by atoms with Crippen molar-refractivity contribution in [1.29, 1.82) is 5.26 Å². The fourth-order valence-electron chi connectivity index (χ4n) is 2.47. The SMILES string of the molecule is Cc1c(CNCC2(O)CCOC2C)cc(C#N)n1C. The Morgan fingerprint density at radius 2 is 2.42 bits per heavy atom. The highest BCUT2D eigenvalue weighted by atomic mass is 16.5. The normalized spacial score (nSPS) is 26.6. The largest absolute Gasteiger partial charge is 0.386 e. The van der Waals surface area contributed by atoms with E-state index in [1.807, 2.05) is 31.5 Å². The van der Waals surface area contributed by atoms with Crippen molar-refractivity contribution >= 4 is 0 Å². The first-order valence-corrected chi connectivity index (χ1v) is 6.58. The fourth-order valence-corrected chi connectivity index (χ4v) is 2.47. The van der Waals surface area contributed by atoms with Crippen molar-refractivity contribution in [3.05, 3.63) is 23.0 Å². The number of nitrogens with one attached hydrogen (secondary N) is 1. The molecule has 2 unspecified atom stereocenters. The lowest BCUT2D eigenvalue weighted by atomic mass is 9.96. The number of hydrogen-bond donors (Lipinski definition) is 2. The second kappa shape index (κ2) is 5.33. The lowest BCUT2D eigenvalue weighted by Crippen LogP contribution is -2.45. The topological polar surface area (TPSA) is 70.2 Å². The van der Waals surface area contributed by atoms with Crippen LogP contribution in [0.3, 0.4) is 0 Å². The van der Waals surface area contributed by atoms with E-state index >= 15 is 0 Å². The maximum absolute atomic E-state index is 10.4. The van der Waals surface area contributed by atoms with Gasteiger partial charge in [-0.15, -0.1) is 0 Å². The van der Waals surface area contributed by atoms with Crippen LogP contribution in [0.4, 0.5) is 0 Å². The van der Waals surface area contributed by atoms with E-state index in [2.05, 4.69) is 11.4 Å². The van der Waals surface area contributed by atoms with Crippen LogP contribution in [0.5, 0.6) is 0 Å². The Balaban J connectivity index is 1.95. The van der Waals surface area contributed by atoms with Crippen molar-refractivity contribution < 1.29 is 9.84 Å². The molecule has 1 aliphatic rings. The van der Waals surface area contributed by atoms with Crippen molar-refractivity contribution in [3.63, 3.8) is 0 Å². The summed E-state index contributed by atoms with van der Waals surface area (Å²) in [6.07, 6.45) is 0.532. The van der Waals surface area contributed by atoms with Crippen LogP contribution in [0.2, 0.25) is 0 Å². The van der Waals surface area contributed by atoms with Gasteiger partial charge in [0.15, 0.2) is 0 Å². The Kier molecular flexibility index (Phi) is 3.95. The third-order valence-electron chi connectivity index (χ3n) is 4.16. The van der Waals surface area contributed by atoms with Crippen LogP contribution in [-0.2, 0) is 18.3 Å². The van der Waals surface area contributed by atoms with Gasteiger partial charge in [-0.3, -0.25) is 0 Å². The molecule has 1 aromatic heterocycles.